The van der Waals surface area contributed by atoms with Gasteiger partial charge >= 0.3 is 139 Å². The molecule has 0 aliphatic rings. The van der Waals surface area contributed by atoms with E-state index in [0.29, 0.717) is 5.92 Å². The summed E-state index contributed by atoms with van der Waals surface area (Å²) in [6, 6.07) is 0. The van der Waals surface area contributed by atoms with Crippen molar-refractivity contribution in [2.24, 2.45) is 5.92 Å². The van der Waals surface area contributed by atoms with E-state index in [1.807, 2.05) is 13.0 Å². The molecule has 1 N–H and O–H groups in total. The molecule has 0 unspecified atom stereocenters. The third-order valence-electron chi connectivity index (χ3n) is 5.03. The summed E-state index contributed by atoms with van der Waals surface area (Å²) in [5.74, 6) is 0.476. The summed E-state index contributed by atoms with van der Waals surface area (Å²) in [5, 5.41) is 10.2. The third-order valence-corrected chi connectivity index (χ3v) is 21.1. The molecule has 0 spiro atoms. The topological polar surface area (TPSA) is 20.2 Å². The van der Waals surface area contributed by atoms with Crippen molar-refractivity contribution in [2.75, 3.05) is 0 Å². The van der Waals surface area contributed by atoms with Crippen molar-refractivity contribution >= 4 is 18.4 Å². The standard InChI is InChI=1S/C7H13O.3C4H9.Sn/c1-4-5-6(2)7(3)8;3*1-3-4-2;/h4,6-8H,1-2,5H2,3H3;3*1,3-4H2,2H3;/t6-,7-;;;;/m0..../s1. The van der Waals surface area contributed by atoms with E-state index < -0.39 is 18.4 Å². The van der Waals surface area contributed by atoms with Crippen LogP contribution in [-0.4, -0.2) is 29.6 Å². The molecule has 126 valence electrons. The van der Waals surface area contributed by atoms with Gasteiger partial charge in [0.1, 0.15) is 0 Å². The van der Waals surface area contributed by atoms with E-state index in [9.17, 15) is 5.11 Å². The molecule has 0 aromatic carbocycles. The van der Waals surface area contributed by atoms with Crippen molar-refractivity contribution in [2.45, 2.75) is 96.5 Å². The predicted molar refractivity (Wildman–Crippen MR) is 99.7 cm³/mol. The van der Waals surface area contributed by atoms with Crippen molar-refractivity contribution in [3.63, 3.8) is 0 Å². The first kappa shape index (κ1) is 21.5. The Hall–Kier alpha value is 0.499. The van der Waals surface area contributed by atoms with E-state index >= 15 is 0 Å². The number of allylic oxidation sites excluding steroid dienone is 1. The van der Waals surface area contributed by atoms with Crippen LogP contribution in [-0.2, 0) is 0 Å². The molecule has 0 bridgehead atoms. The molecule has 0 aromatic rings. The van der Waals surface area contributed by atoms with E-state index in [0.717, 1.165) is 6.42 Å². The molecular weight excluding hydrogens is 363 g/mol. The average Bonchev–Trinajstić information content (AvgIpc) is 2.48. The second-order valence-electron chi connectivity index (χ2n) is 7.04. The SMILES string of the molecule is C=CC[C@H]([CH2][Sn]([CH2]CCC)([CH2]CCC)[CH2]CCC)[C@H](C)O. The summed E-state index contributed by atoms with van der Waals surface area (Å²) in [4.78, 5) is 0. The normalized spacial score (nSPS) is 14.9. The minimum absolute atomic E-state index is 0.163. The summed E-state index contributed by atoms with van der Waals surface area (Å²) in [6.45, 7) is 12.9. The zero-order valence-electron chi connectivity index (χ0n) is 15.2. The van der Waals surface area contributed by atoms with Crippen LogP contribution in [0.3, 0.4) is 0 Å². The summed E-state index contributed by atoms with van der Waals surface area (Å²) < 4.78 is 6.03. The molecule has 0 heterocycles. The third kappa shape index (κ3) is 9.28. The van der Waals surface area contributed by atoms with Crippen LogP contribution in [0.4, 0.5) is 0 Å². The Morgan fingerprint density at radius 1 is 0.952 bits per heavy atom. The van der Waals surface area contributed by atoms with Crippen LogP contribution in [0.5, 0.6) is 0 Å². The van der Waals surface area contributed by atoms with Crippen LogP contribution in [0.1, 0.15) is 72.6 Å². The fraction of sp³-hybridized carbons (Fsp3) is 0.895. The number of rotatable bonds is 14. The van der Waals surface area contributed by atoms with Gasteiger partial charge in [-0.2, -0.15) is 0 Å². The molecule has 0 fully saturated rings. The minimum atomic E-state index is -2.09. The number of unbranched alkanes of at least 4 members (excludes halogenated alkanes) is 3. The Morgan fingerprint density at radius 3 is 1.67 bits per heavy atom. The molecule has 1 nitrogen and oxygen atoms in total. The van der Waals surface area contributed by atoms with Crippen LogP contribution in [0.2, 0.25) is 17.7 Å². The predicted octanol–water partition coefficient (Wildman–Crippen LogP) is 6.41. The fourth-order valence-electron chi connectivity index (χ4n) is 3.56. The molecule has 0 saturated carbocycles. The molecule has 0 radical (unpaired) electrons. The van der Waals surface area contributed by atoms with Gasteiger partial charge in [-0.05, 0) is 0 Å². The van der Waals surface area contributed by atoms with Crippen molar-refractivity contribution in [1.82, 2.24) is 0 Å². The van der Waals surface area contributed by atoms with Gasteiger partial charge in [0.2, 0.25) is 0 Å². The van der Waals surface area contributed by atoms with E-state index in [1.165, 1.54) is 43.0 Å². The maximum absolute atomic E-state index is 10.2. The maximum atomic E-state index is 10.2. The summed E-state index contributed by atoms with van der Waals surface area (Å²) in [5.41, 5.74) is 0. The van der Waals surface area contributed by atoms with E-state index in [1.54, 1.807) is 13.3 Å². The van der Waals surface area contributed by atoms with Crippen LogP contribution in [0, 0.1) is 5.92 Å². The number of aliphatic hydroxyl groups excluding tert-OH is 1. The van der Waals surface area contributed by atoms with Gasteiger partial charge in [0, 0.05) is 0 Å². The Morgan fingerprint density at radius 2 is 1.38 bits per heavy atom. The number of hydrogen-bond acceptors (Lipinski definition) is 1. The van der Waals surface area contributed by atoms with Gasteiger partial charge in [0.15, 0.2) is 0 Å². The quantitative estimate of drug-likeness (QED) is 0.263. The zero-order chi connectivity index (χ0) is 16.1. The monoisotopic (exact) mass is 404 g/mol. The fourth-order valence-corrected chi connectivity index (χ4v) is 21.5. The summed E-state index contributed by atoms with van der Waals surface area (Å²) in [6.07, 6.45) is 11.1. The molecule has 0 rings (SSSR count). The van der Waals surface area contributed by atoms with Crippen molar-refractivity contribution in [3.05, 3.63) is 12.7 Å². The second kappa shape index (κ2) is 13.0. The average molecular weight is 403 g/mol. The summed E-state index contributed by atoms with van der Waals surface area (Å²) >= 11 is -2.09. The molecule has 2 atom stereocenters. The number of hydrogen-bond donors (Lipinski definition) is 1. The summed E-state index contributed by atoms with van der Waals surface area (Å²) in [7, 11) is 0. The molecule has 0 saturated heterocycles. The molecule has 0 aliphatic carbocycles. The Balaban J connectivity index is 5.01. The molecule has 0 amide bonds. The van der Waals surface area contributed by atoms with Crippen LogP contribution in [0.15, 0.2) is 12.7 Å². The second-order valence-corrected chi connectivity index (χ2v) is 21.0. The first-order valence-electron chi connectivity index (χ1n) is 9.34. The van der Waals surface area contributed by atoms with Gasteiger partial charge in [-0.3, -0.25) is 0 Å². The Labute approximate surface area is 138 Å². The molecule has 0 aromatic heterocycles. The molecule has 21 heavy (non-hydrogen) atoms. The first-order chi connectivity index (χ1) is 10.0. The van der Waals surface area contributed by atoms with Gasteiger partial charge < -0.3 is 0 Å². The molecular formula is C19H40OSn. The van der Waals surface area contributed by atoms with Gasteiger partial charge in [-0.25, -0.2) is 0 Å². The number of aliphatic hydroxyl groups is 1. The first-order valence-corrected chi connectivity index (χ1v) is 17.4. The van der Waals surface area contributed by atoms with Crippen LogP contribution >= 0.6 is 0 Å². The van der Waals surface area contributed by atoms with Crippen molar-refractivity contribution in [1.29, 1.82) is 0 Å². The van der Waals surface area contributed by atoms with Crippen LogP contribution in [0.25, 0.3) is 0 Å². The van der Waals surface area contributed by atoms with Crippen molar-refractivity contribution in [3.8, 4) is 0 Å². The zero-order valence-corrected chi connectivity index (χ0v) is 18.0. The van der Waals surface area contributed by atoms with Crippen LogP contribution < -0.4 is 0 Å². The van der Waals surface area contributed by atoms with Gasteiger partial charge in [-0.15, -0.1) is 0 Å². The van der Waals surface area contributed by atoms with Gasteiger partial charge in [0.05, 0.1) is 0 Å². The van der Waals surface area contributed by atoms with E-state index in [4.69, 9.17) is 0 Å². The molecule has 0 aliphatic heterocycles. The van der Waals surface area contributed by atoms with E-state index in [2.05, 4.69) is 27.4 Å². The van der Waals surface area contributed by atoms with Crippen molar-refractivity contribution < 1.29 is 5.11 Å². The molecule has 2 heteroatoms. The van der Waals surface area contributed by atoms with Gasteiger partial charge in [-0.1, -0.05) is 0 Å². The Kier molecular flexibility index (Phi) is 13.3. The van der Waals surface area contributed by atoms with Gasteiger partial charge in [0.25, 0.3) is 0 Å². The van der Waals surface area contributed by atoms with E-state index in [-0.39, 0.29) is 6.10 Å². The Bertz CT molecular complexity index is 228.